The summed E-state index contributed by atoms with van der Waals surface area (Å²) in [6.45, 7) is 0.865. The van der Waals surface area contributed by atoms with Gasteiger partial charge in [0.05, 0.1) is 5.69 Å². The molecule has 0 amide bonds. The Labute approximate surface area is 125 Å². The second-order valence-corrected chi connectivity index (χ2v) is 4.83. The lowest BCUT2D eigenvalue weighted by Gasteiger charge is -2.01. The molecular formula is C19H17N2+. The van der Waals surface area contributed by atoms with Crippen LogP contribution >= 0.6 is 0 Å². The molecule has 0 unspecified atom stereocenters. The van der Waals surface area contributed by atoms with Crippen molar-refractivity contribution in [2.75, 3.05) is 0 Å². The number of hydrogen-bond donors (Lipinski definition) is 0. The molecule has 0 aliphatic rings. The molecule has 0 spiro atoms. The summed E-state index contributed by atoms with van der Waals surface area (Å²) in [7, 11) is 0. The molecule has 3 aromatic rings. The quantitative estimate of drug-likeness (QED) is 0.664. The van der Waals surface area contributed by atoms with Gasteiger partial charge < -0.3 is 0 Å². The zero-order valence-electron chi connectivity index (χ0n) is 11.8. The smallest absolute Gasteiger partial charge is 0.205 e. The fourth-order valence-electron chi connectivity index (χ4n) is 2.21. The molecule has 2 aromatic heterocycles. The molecule has 102 valence electrons. The maximum atomic E-state index is 4.31. The molecule has 0 aliphatic heterocycles. The van der Waals surface area contributed by atoms with Crippen LogP contribution in [-0.2, 0) is 6.54 Å². The molecule has 0 radical (unpaired) electrons. The lowest BCUT2D eigenvalue weighted by atomic mass is 10.2. The van der Waals surface area contributed by atoms with Crippen molar-refractivity contribution in [3.63, 3.8) is 0 Å². The highest BCUT2D eigenvalue weighted by Crippen LogP contribution is 2.04. The summed E-state index contributed by atoms with van der Waals surface area (Å²) in [5.74, 6) is 0. The summed E-state index contributed by atoms with van der Waals surface area (Å²) >= 11 is 0. The van der Waals surface area contributed by atoms with Gasteiger partial charge >= 0.3 is 0 Å². The first kappa shape index (κ1) is 13.3. The molecule has 2 nitrogen and oxygen atoms in total. The average Bonchev–Trinajstić information content (AvgIpc) is 2.56. The van der Waals surface area contributed by atoms with Crippen molar-refractivity contribution < 1.29 is 4.57 Å². The summed E-state index contributed by atoms with van der Waals surface area (Å²) in [4.78, 5) is 4.31. The van der Waals surface area contributed by atoms with E-state index in [0.717, 1.165) is 17.9 Å². The van der Waals surface area contributed by atoms with Crippen LogP contribution in [0.5, 0.6) is 0 Å². The van der Waals surface area contributed by atoms with Crippen LogP contribution in [0.1, 0.15) is 17.0 Å². The third-order valence-corrected chi connectivity index (χ3v) is 3.28. The molecule has 0 aliphatic carbocycles. The number of rotatable bonds is 4. The van der Waals surface area contributed by atoms with Crippen molar-refractivity contribution >= 4 is 12.2 Å². The minimum atomic E-state index is 0.865. The van der Waals surface area contributed by atoms with Gasteiger partial charge in [-0.25, -0.2) is 0 Å². The average molecular weight is 273 g/mol. The third kappa shape index (κ3) is 3.63. The Bertz CT molecular complexity index is 719. The SMILES string of the molecule is C(=Cc1cccc[n+]1Cc1ccccc1)c1ccccn1. The Morgan fingerprint density at radius 2 is 1.62 bits per heavy atom. The standard InChI is InChI=1S/C19H17N2/c1-2-8-17(9-3-1)16-21-15-7-5-11-19(21)13-12-18-10-4-6-14-20-18/h1-15H,16H2/q+1. The van der Waals surface area contributed by atoms with E-state index in [1.165, 1.54) is 5.56 Å². The van der Waals surface area contributed by atoms with Crippen molar-refractivity contribution in [2.45, 2.75) is 6.54 Å². The van der Waals surface area contributed by atoms with E-state index in [1.54, 1.807) is 0 Å². The first-order valence-corrected chi connectivity index (χ1v) is 7.03. The highest BCUT2D eigenvalue weighted by Gasteiger charge is 2.07. The Morgan fingerprint density at radius 3 is 2.43 bits per heavy atom. The van der Waals surface area contributed by atoms with Crippen molar-refractivity contribution in [1.82, 2.24) is 4.98 Å². The van der Waals surface area contributed by atoms with Crippen molar-refractivity contribution in [2.24, 2.45) is 0 Å². The highest BCUT2D eigenvalue weighted by atomic mass is 14.9. The topological polar surface area (TPSA) is 16.8 Å². The Balaban J connectivity index is 1.84. The Morgan fingerprint density at radius 1 is 0.810 bits per heavy atom. The first-order valence-electron chi connectivity index (χ1n) is 7.03. The van der Waals surface area contributed by atoms with Gasteiger partial charge in [-0.1, -0.05) is 36.4 Å². The Kier molecular flexibility index (Phi) is 4.18. The summed E-state index contributed by atoms with van der Waals surface area (Å²) in [6, 6.07) is 22.6. The fourth-order valence-corrected chi connectivity index (χ4v) is 2.21. The number of pyridine rings is 2. The molecule has 21 heavy (non-hydrogen) atoms. The van der Waals surface area contributed by atoms with E-state index in [1.807, 2.05) is 36.5 Å². The van der Waals surface area contributed by atoms with Crippen molar-refractivity contribution in [1.29, 1.82) is 0 Å². The maximum absolute atomic E-state index is 4.31. The van der Waals surface area contributed by atoms with Gasteiger partial charge in [-0.15, -0.1) is 0 Å². The van der Waals surface area contributed by atoms with E-state index in [0.29, 0.717) is 0 Å². The summed E-state index contributed by atoms with van der Waals surface area (Å²) in [6.07, 6.45) is 8.05. The van der Waals surface area contributed by atoms with Gasteiger partial charge in [0, 0.05) is 30.0 Å². The second-order valence-electron chi connectivity index (χ2n) is 4.83. The van der Waals surface area contributed by atoms with E-state index in [2.05, 4.69) is 64.3 Å². The van der Waals surface area contributed by atoms with E-state index in [-0.39, 0.29) is 0 Å². The van der Waals surface area contributed by atoms with Crippen LogP contribution in [0.25, 0.3) is 12.2 Å². The van der Waals surface area contributed by atoms with E-state index >= 15 is 0 Å². The van der Waals surface area contributed by atoms with Crippen LogP contribution in [-0.4, -0.2) is 4.98 Å². The summed E-state index contributed by atoms with van der Waals surface area (Å²) in [5, 5.41) is 0. The lowest BCUT2D eigenvalue weighted by molar-refractivity contribution is -0.690. The van der Waals surface area contributed by atoms with Crippen molar-refractivity contribution in [3.8, 4) is 0 Å². The molecule has 2 heteroatoms. The van der Waals surface area contributed by atoms with E-state index < -0.39 is 0 Å². The molecule has 0 N–H and O–H groups in total. The predicted molar refractivity (Wildman–Crippen MR) is 85.3 cm³/mol. The minimum absolute atomic E-state index is 0.865. The molecule has 0 saturated carbocycles. The zero-order chi connectivity index (χ0) is 14.3. The fraction of sp³-hybridized carbons (Fsp3) is 0.0526. The van der Waals surface area contributed by atoms with Crippen LogP contribution in [0.15, 0.2) is 79.1 Å². The number of hydrogen-bond acceptors (Lipinski definition) is 1. The van der Waals surface area contributed by atoms with Gasteiger partial charge in [0.1, 0.15) is 0 Å². The zero-order valence-corrected chi connectivity index (χ0v) is 11.8. The molecule has 0 atom stereocenters. The maximum Gasteiger partial charge on any atom is 0.205 e. The third-order valence-electron chi connectivity index (χ3n) is 3.28. The number of aromatic nitrogens is 2. The molecule has 0 bridgehead atoms. The molecule has 1 aromatic carbocycles. The number of nitrogens with zero attached hydrogens (tertiary/aromatic N) is 2. The first-order chi connectivity index (χ1) is 10.4. The van der Waals surface area contributed by atoms with Crippen LogP contribution < -0.4 is 4.57 Å². The van der Waals surface area contributed by atoms with Gasteiger partial charge in [-0.2, -0.15) is 4.57 Å². The lowest BCUT2D eigenvalue weighted by Crippen LogP contribution is -2.36. The van der Waals surface area contributed by atoms with Crippen LogP contribution in [0.4, 0.5) is 0 Å². The van der Waals surface area contributed by atoms with E-state index in [4.69, 9.17) is 0 Å². The molecule has 0 saturated heterocycles. The van der Waals surface area contributed by atoms with E-state index in [9.17, 15) is 0 Å². The molecule has 0 fully saturated rings. The van der Waals surface area contributed by atoms with Crippen molar-refractivity contribution in [3.05, 3.63) is 96.1 Å². The highest BCUT2D eigenvalue weighted by molar-refractivity contribution is 5.64. The monoisotopic (exact) mass is 273 g/mol. The minimum Gasteiger partial charge on any atom is -0.257 e. The summed E-state index contributed by atoms with van der Waals surface area (Å²) in [5.41, 5.74) is 3.42. The molecular weight excluding hydrogens is 256 g/mol. The van der Waals surface area contributed by atoms with Gasteiger partial charge in [0.2, 0.25) is 5.69 Å². The van der Waals surface area contributed by atoms with Crippen LogP contribution in [0.2, 0.25) is 0 Å². The van der Waals surface area contributed by atoms with Gasteiger partial charge in [0.25, 0.3) is 0 Å². The second kappa shape index (κ2) is 6.62. The molecule has 3 rings (SSSR count). The number of benzene rings is 1. The normalized spacial score (nSPS) is 10.9. The van der Waals surface area contributed by atoms with Crippen LogP contribution in [0, 0.1) is 0 Å². The summed E-state index contributed by atoms with van der Waals surface area (Å²) < 4.78 is 2.23. The largest absolute Gasteiger partial charge is 0.257 e. The molecule has 2 heterocycles. The van der Waals surface area contributed by atoms with Gasteiger partial charge in [-0.3, -0.25) is 4.98 Å². The predicted octanol–water partition coefficient (Wildman–Crippen LogP) is 3.59. The Hall–Kier alpha value is -2.74. The van der Waals surface area contributed by atoms with Gasteiger partial charge in [0.15, 0.2) is 12.7 Å². The van der Waals surface area contributed by atoms with Gasteiger partial charge in [-0.05, 0) is 24.3 Å². The van der Waals surface area contributed by atoms with Crippen LogP contribution in [0.3, 0.4) is 0 Å².